The lowest BCUT2D eigenvalue weighted by Crippen LogP contribution is -2.44. The van der Waals surface area contributed by atoms with Gasteiger partial charge in [-0.3, -0.25) is 9.59 Å². The van der Waals surface area contributed by atoms with E-state index < -0.39 is 17.8 Å². The molecule has 86 valence electrons. The second kappa shape index (κ2) is 4.61. The molecule has 1 fully saturated rings. The number of amides is 1. The van der Waals surface area contributed by atoms with Crippen LogP contribution in [-0.2, 0) is 9.59 Å². The minimum Gasteiger partial charge on any atom is -0.481 e. The van der Waals surface area contributed by atoms with Crippen molar-refractivity contribution in [3.8, 4) is 0 Å². The van der Waals surface area contributed by atoms with Gasteiger partial charge < -0.3 is 15.1 Å². The zero-order valence-electron chi connectivity index (χ0n) is 9.01. The molecular weight excluding hydrogens is 198 g/mol. The molecule has 1 aliphatic rings. The molecule has 1 heterocycles. The Morgan fingerprint density at radius 3 is 2.60 bits per heavy atom. The van der Waals surface area contributed by atoms with Crippen LogP contribution >= 0.6 is 0 Å². The van der Waals surface area contributed by atoms with Crippen LogP contribution in [-0.4, -0.2) is 46.2 Å². The molecular formula is C10H17NO4. The number of nitrogens with zero attached hydrogens (tertiary/aromatic N) is 1. The Morgan fingerprint density at radius 1 is 1.53 bits per heavy atom. The number of hydrogen-bond donors (Lipinski definition) is 2. The lowest BCUT2D eigenvalue weighted by molar-refractivity contribution is -0.151. The van der Waals surface area contributed by atoms with Crippen LogP contribution in [0.2, 0.25) is 0 Å². The van der Waals surface area contributed by atoms with Crippen molar-refractivity contribution in [1.29, 1.82) is 0 Å². The van der Waals surface area contributed by atoms with Crippen LogP contribution in [0.4, 0.5) is 0 Å². The number of carbonyl (C=O) groups excluding carboxylic acids is 1. The van der Waals surface area contributed by atoms with Crippen molar-refractivity contribution in [3.63, 3.8) is 0 Å². The predicted molar refractivity (Wildman–Crippen MR) is 53.2 cm³/mol. The van der Waals surface area contributed by atoms with E-state index >= 15 is 0 Å². The smallest absolute Gasteiger partial charge is 0.315 e. The van der Waals surface area contributed by atoms with Crippen molar-refractivity contribution in [2.45, 2.75) is 26.3 Å². The molecule has 0 aromatic heterocycles. The molecule has 15 heavy (non-hydrogen) atoms. The van der Waals surface area contributed by atoms with E-state index in [1.54, 1.807) is 0 Å². The molecule has 1 amide bonds. The van der Waals surface area contributed by atoms with Gasteiger partial charge in [-0.1, -0.05) is 6.92 Å². The number of carboxylic acids is 1. The van der Waals surface area contributed by atoms with Crippen molar-refractivity contribution >= 4 is 11.9 Å². The van der Waals surface area contributed by atoms with E-state index in [0.29, 0.717) is 6.54 Å². The third-order valence-electron chi connectivity index (χ3n) is 3.09. The molecule has 1 saturated heterocycles. The fourth-order valence-corrected chi connectivity index (χ4v) is 1.91. The van der Waals surface area contributed by atoms with Gasteiger partial charge in [0.05, 0.1) is 12.6 Å². The summed E-state index contributed by atoms with van der Waals surface area (Å²) in [5.41, 5.74) is 0. The van der Waals surface area contributed by atoms with Gasteiger partial charge in [-0.15, -0.1) is 0 Å². The number of likely N-dealkylation sites (tertiary alicyclic amines) is 1. The quantitative estimate of drug-likeness (QED) is 0.646. The maximum absolute atomic E-state index is 11.7. The molecule has 0 aromatic carbocycles. The summed E-state index contributed by atoms with van der Waals surface area (Å²) in [6.07, 6.45) is 0.823. The highest BCUT2D eigenvalue weighted by molar-refractivity contribution is 5.96. The SMILES string of the molecule is CC(C(=O)O)C(=O)N1CCC(C)C1CO. The minimum atomic E-state index is -1.11. The van der Waals surface area contributed by atoms with Gasteiger partial charge in [0.1, 0.15) is 5.92 Å². The first-order chi connectivity index (χ1) is 6.99. The Hall–Kier alpha value is -1.10. The monoisotopic (exact) mass is 215 g/mol. The number of aliphatic hydroxyl groups is 1. The summed E-state index contributed by atoms with van der Waals surface area (Å²) in [4.78, 5) is 23.9. The average molecular weight is 215 g/mol. The van der Waals surface area contributed by atoms with Crippen LogP contribution in [0, 0.1) is 11.8 Å². The van der Waals surface area contributed by atoms with Gasteiger partial charge in [-0.2, -0.15) is 0 Å². The maximum Gasteiger partial charge on any atom is 0.315 e. The summed E-state index contributed by atoms with van der Waals surface area (Å²) < 4.78 is 0. The van der Waals surface area contributed by atoms with E-state index in [2.05, 4.69) is 0 Å². The molecule has 5 nitrogen and oxygen atoms in total. The van der Waals surface area contributed by atoms with Gasteiger partial charge in [0.25, 0.3) is 0 Å². The van der Waals surface area contributed by atoms with Crippen LogP contribution in [0.25, 0.3) is 0 Å². The van der Waals surface area contributed by atoms with Crippen molar-refractivity contribution in [1.82, 2.24) is 4.90 Å². The van der Waals surface area contributed by atoms with E-state index in [4.69, 9.17) is 10.2 Å². The van der Waals surface area contributed by atoms with Crippen LogP contribution in [0.5, 0.6) is 0 Å². The number of aliphatic carboxylic acids is 1. The summed E-state index contributed by atoms with van der Waals surface area (Å²) in [7, 11) is 0. The Bertz CT molecular complexity index is 266. The summed E-state index contributed by atoms with van der Waals surface area (Å²) >= 11 is 0. The molecule has 0 saturated carbocycles. The summed E-state index contributed by atoms with van der Waals surface area (Å²) in [5, 5.41) is 17.9. The lowest BCUT2D eigenvalue weighted by atomic mass is 10.0. The summed E-state index contributed by atoms with van der Waals surface area (Å²) in [5.74, 6) is -2.30. The Kier molecular flexibility index (Phi) is 3.68. The van der Waals surface area contributed by atoms with E-state index in [-0.39, 0.29) is 18.6 Å². The molecule has 1 aliphatic heterocycles. The molecule has 0 radical (unpaired) electrons. The number of rotatable bonds is 3. The van der Waals surface area contributed by atoms with Crippen molar-refractivity contribution < 1.29 is 19.8 Å². The third-order valence-corrected chi connectivity index (χ3v) is 3.09. The lowest BCUT2D eigenvalue weighted by Gasteiger charge is -2.26. The van der Waals surface area contributed by atoms with Crippen molar-refractivity contribution in [3.05, 3.63) is 0 Å². The predicted octanol–water partition coefficient (Wildman–Crippen LogP) is -0.0636. The van der Waals surface area contributed by atoms with E-state index in [1.807, 2.05) is 6.92 Å². The molecule has 1 rings (SSSR count). The minimum absolute atomic E-state index is 0.0980. The summed E-state index contributed by atoms with van der Waals surface area (Å²) in [6.45, 7) is 3.78. The van der Waals surface area contributed by atoms with Gasteiger partial charge in [-0.05, 0) is 19.3 Å². The number of carboxylic acid groups (broad SMARTS) is 1. The molecule has 0 aromatic rings. The first-order valence-corrected chi connectivity index (χ1v) is 5.13. The zero-order chi connectivity index (χ0) is 11.6. The topological polar surface area (TPSA) is 77.8 Å². The van der Waals surface area contributed by atoms with E-state index in [9.17, 15) is 9.59 Å². The van der Waals surface area contributed by atoms with Gasteiger partial charge in [0.15, 0.2) is 0 Å². The third kappa shape index (κ3) is 2.28. The number of aliphatic hydroxyl groups excluding tert-OH is 1. The second-order valence-corrected chi connectivity index (χ2v) is 4.11. The number of carbonyl (C=O) groups is 2. The molecule has 0 aliphatic carbocycles. The zero-order valence-corrected chi connectivity index (χ0v) is 9.01. The van der Waals surface area contributed by atoms with E-state index in [1.165, 1.54) is 11.8 Å². The fraction of sp³-hybridized carbons (Fsp3) is 0.800. The largest absolute Gasteiger partial charge is 0.481 e. The van der Waals surface area contributed by atoms with Crippen molar-refractivity contribution in [2.75, 3.05) is 13.2 Å². The molecule has 0 spiro atoms. The second-order valence-electron chi connectivity index (χ2n) is 4.11. The van der Waals surface area contributed by atoms with E-state index in [0.717, 1.165) is 6.42 Å². The van der Waals surface area contributed by atoms with Crippen LogP contribution in [0.3, 0.4) is 0 Å². The van der Waals surface area contributed by atoms with Crippen LogP contribution in [0.1, 0.15) is 20.3 Å². The Balaban J connectivity index is 2.71. The van der Waals surface area contributed by atoms with Gasteiger partial charge >= 0.3 is 5.97 Å². The van der Waals surface area contributed by atoms with Crippen LogP contribution in [0.15, 0.2) is 0 Å². The highest BCUT2D eigenvalue weighted by Crippen LogP contribution is 2.25. The first-order valence-electron chi connectivity index (χ1n) is 5.13. The van der Waals surface area contributed by atoms with Crippen molar-refractivity contribution in [2.24, 2.45) is 11.8 Å². The Morgan fingerprint density at radius 2 is 2.13 bits per heavy atom. The molecule has 3 atom stereocenters. The molecule has 5 heteroatoms. The Labute approximate surface area is 88.7 Å². The molecule has 3 unspecified atom stereocenters. The van der Waals surface area contributed by atoms with Gasteiger partial charge in [0, 0.05) is 6.54 Å². The molecule has 2 N–H and O–H groups in total. The fourth-order valence-electron chi connectivity index (χ4n) is 1.91. The number of hydrogen-bond acceptors (Lipinski definition) is 3. The normalized spacial score (nSPS) is 27.8. The highest BCUT2D eigenvalue weighted by Gasteiger charge is 2.37. The summed E-state index contributed by atoms with van der Waals surface area (Å²) in [6, 6.07) is -0.223. The standard InChI is InChI=1S/C10H17NO4/c1-6-3-4-11(8(6)5-12)9(13)7(2)10(14)15/h6-8,12H,3-5H2,1-2H3,(H,14,15). The van der Waals surface area contributed by atoms with Gasteiger partial charge in [0.2, 0.25) is 5.91 Å². The highest BCUT2D eigenvalue weighted by atomic mass is 16.4. The van der Waals surface area contributed by atoms with Crippen LogP contribution < -0.4 is 0 Å². The first kappa shape index (κ1) is 12.0. The molecule has 0 bridgehead atoms. The average Bonchev–Trinajstić information content (AvgIpc) is 2.57. The maximum atomic E-state index is 11.7. The van der Waals surface area contributed by atoms with Gasteiger partial charge in [-0.25, -0.2) is 0 Å².